The topological polar surface area (TPSA) is 9.23 Å². The lowest BCUT2D eigenvalue weighted by Crippen LogP contribution is -2.31. The summed E-state index contributed by atoms with van der Waals surface area (Å²) in [6.07, 6.45) is 4.07. The van der Waals surface area contributed by atoms with Crippen molar-refractivity contribution >= 4 is 45.5 Å². The number of hydrogen-bond acceptors (Lipinski definition) is 1. The second-order valence-electron chi connectivity index (χ2n) is 9.65. The summed E-state index contributed by atoms with van der Waals surface area (Å²) in [6.45, 7) is 0.932. The molecule has 36 heavy (non-hydrogen) atoms. The summed E-state index contributed by atoms with van der Waals surface area (Å²) in [5, 5.41) is 6.01. The maximum absolute atomic E-state index is 6.37. The van der Waals surface area contributed by atoms with Gasteiger partial charge in [0.1, 0.15) is 0 Å². The van der Waals surface area contributed by atoms with E-state index in [0.717, 1.165) is 6.61 Å². The minimum atomic E-state index is -0.454. The van der Waals surface area contributed by atoms with Crippen molar-refractivity contribution in [1.29, 1.82) is 0 Å². The Bertz CT molecular complexity index is 1130. The van der Waals surface area contributed by atoms with E-state index in [1.165, 1.54) is 40.2 Å². The molecule has 1 aliphatic heterocycles. The highest BCUT2D eigenvalue weighted by molar-refractivity contribution is 7.74. The van der Waals surface area contributed by atoms with Crippen molar-refractivity contribution in [3.05, 3.63) is 121 Å². The summed E-state index contributed by atoms with van der Waals surface area (Å²) in [6, 6.07) is 45.2. The molecule has 6 rings (SSSR count). The van der Waals surface area contributed by atoms with Crippen LogP contribution in [0.1, 0.15) is 12.8 Å². The molecule has 1 aliphatic carbocycles. The van der Waals surface area contributed by atoms with E-state index >= 15 is 0 Å². The van der Waals surface area contributed by atoms with Gasteiger partial charge in [-0.25, -0.2) is 0 Å². The zero-order chi connectivity index (χ0) is 23.5. The third-order valence-corrected chi connectivity index (χ3v) is 13.3. The highest BCUT2D eigenvalue weighted by Crippen LogP contribution is 2.57. The lowest BCUT2D eigenvalue weighted by atomic mass is 9.95. The molecule has 1 nitrogen and oxygen atoms in total. The number of hydrogen-bond donors (Lipinski definition) is 0. The highest BCUT2D eigenvalue weighted by atomic mass is 31.1. The Morgan fingerprint density at radius 1 is 0.611 bits per heavy atom. The van der Waals surface area contributed by atoms with Gasteiger partial charge >= 0.3 is 0 Å². The van der Waals surface area contributed by atoms with Crippen LogP contribution >= 0.6 is 15.8 Å². The fourth-order valence-electron chi connectivity index (χ4n) is 6.15. The van der Waals surface area contributed by atoms with Gasteiger partial charge in [-0.2, -0.15) is 0 Å². The molecule has 0 spiro atoms. The molecule has 0 unspecified atom stereocenters. The van der Waals surface area contributed by atoms with Crippen LogP contribution in [0.2, 0.25) is 0 Å². The average molecular weight is 505 g/mol. The van der Waals surface area contributed by atoms with E-state index in [-0.39, 0.29) is 8.41 Å². The zero-order valence-corrected chi connectivity index (χ0v) is 22.4. The van der Waals surface area contributed by atoms with Crippen molar-refractivity contribution < 1.29 is 4.74 Å². The van der Waals surface area contributed by atoms with E-state index in [9.17, 15) is 0 Å². The summed E-state index contributed by atoms with van der Waals surface area (Å²) in [5.74, 6) is 1.34. The van der Waals surface area contributed by atoms with Crippen LogP contribution in [0.15, 0.2) is 121 Å². The highest BCUT2D eigenvalue weighted by Gasteiger charge is 2.50. The van der Waals surface area contributed by atoms with Gasteiger partial charge in [-0.05, 0) is 73.6 Å². The van der Waals surface area contributed by atoms with Gasteiger partial charge in [0.15, 0.2) is 0 Å². The molecule has 2 fully saturated rings. The number of fused-ring (bicyclic) bond motifs is 1. The maximum atomic E-state index is 6.37. The van der Waals surface area contributed by atoms with E-state index < -0.39 is 15.8 Å². The van der Waals surface area contributed by atoms with E-state index in [1.807, 2.05) is 0 Å². The summed E-state index contributed by atoms with van der Waals surface area (Å²) in [7, 11) is -0.874. The van der Waals surface area contributed by atoms with Crippen LogP contribution in [0.4, 0.5) is 0 Å². The molecule has 2 aliphatic rings. The van der Waals surface area contributed by atoms with E-state index in [2.05, 4.69) is 121 Å². The van der Waals surface area contributed by atoms with Crippen molar-refractivity contribution in [3.63, 3.8) is 0 Å². The summed E-state index contributed by atoms with van der Waals surface area (Å²) >= 11 is 0. The van der Waals surface area contributed by atoms with Crippen molar-refractivity contribution in [2.75, 3.05) is 12.8 Å². The Labute approximate surface area is 220 Å². The second kappa shape index (κ2) is 11.9. The van der Waals surface area contributed by atoms with E-state index in [4.69, 9.17) is 4.74 Å². The second-order valence-corrected chi connectivity index (χ2v) is 14.3. The Balaban J connectivity index is 0.00000267. The van der Waals surface area contributed by atoms with E-state index in [0.29, 0.717) is 23.6 Å². The van der Waals surface area contributed by atoms with Crippen molar-refractivity contribution in [2.45, 2.75) is 24.6 Å². The molecule has 0 bridgehead atoms. The first-order valence-corrected chi connectivity index (χ1v) is 15.7. The summed E-state index contributed by atoms with van der Waals surface area (Å²) < 4.78 is 6.37. The van der Waals surface area contributed by atoms with Crippen LogP contribution in [0.25, 0.3) is 0 Å². The van der Waals surface area contributed by atoms with Crippen LogP contribution in [-0.2, 0) is 4.74 Å². The van der Waals surface area contributed by atoms with Gasteiger partial charge in [0.05, 0.1) is 6.10 Å². The van der Waals surface area contributed by atoms with Crippen molar-refractivity contribution in [1.82, 2.24) is 0 Å². The minimum Gasteiger partial charge on any atom is -0.378 e. The number of benzene rings is 4. The van der Waals surface area contributed by atoms with Crippen LogP contribution in [0, 0.1) is 11.8 Å². The summed E-state index contributed by atoms with van der Waals surface area (Å²) in [5.41, 5.74) is 0.641. The number of ether oxygens (including phenoxy) is 1. The van der Waals surface area contributed by atoms with Crippen molar-refractivity contribution in [3.8, 4) is 0 Å². The summed E-state index contributed by atoms with van der Waals surface area (Å²) in [4.78, 5) is 0. The van der Waals surface area contributed by atoms with Gasteiger partial charge in [-0.15, -0.1) is 0 Å². The monoisotopic (exact) mass is 505 g/mol. The average Bonchev–Trinajstić information content (AvgIpc) is 3.52. The molecule has 0 amide bonds. The molecule has 1 heterocycles. The quantitative estimate of drug-likeness (QED) is 0.233. The molecular formula is C32H32BOP2. The van der Waals surface area contributed by atoms with Crippen LogP contribution in [0.5, 0.6) is 0 Å². The Hall–Kier alpha value is -2.24. The molecule has 4 heteroatoms. The third kappa shape index (κ3) is 5.24. The fraction of sp³-hybridized carbons (Fsp3) is 0.250. The first kappa shape index (κ1) is 25.4. The molecule has 4 aromatic rings. The predicted octanol–water partition coefficient (Wildman–Crippen LogP) is 5.67. The maximum Gasteiger partial charge on any atom is 0.0613 e. The molecule has 3 radical (unpaired) electrons. The van der Waals surface area contributed by atoms with E-state index in [1.54, 1.807) is 0 Å². The molecule has 179 valence electrons. The Morgan fingerprint density at radius 2 is 1.06 bits per heavy atom. The van der Waals surface area contributed by atoms with Gasteiger partial charge in [0, 0.05) is 15.0 Å². The molecule has 4 atom stereocenters. The molecule has 1 saturated heterocycles. The van der Waals surface area contributed by atoms with Gasteiger partial charge in [-0.1, -0.05) is 121 Å². The van der Waals surface area contributed by atoms with Crippen LogP contribution in [-0.4, -0.2) is 32.9 Å². The normalized spacial score (nSPS) is 22.9. The predicted molar refractivity (Wildman–Crippen MR) is 159 cm³/mol. The molecular weight excluding hydrogens is 473 g/mol. The lowest BCUT2D eigenvalue weighted by Gasteiger charge is -2.34. The molecule has 1 saturated carbocycles. The molecule has 0 N–H and O–H groups in total. The standard InChI is InChI=1S/C32H32OP2.B/c1-5-13-25(14-6-1)34(26-15-7-2-8-16-26)24-30-29-21-22-33-31(29)23-32(30)35(27-17-9-3-10-18-27)28-19-11-4-12-20-28;/h1-20,29-32H,21-24H2;/t29-,30-,31+,32+;/m0./s1. The zero-order valence-electron chi connectivity index (χ0n) is 20.6. The lowest BCUT2D eigenvalue weighted by molar-refractivity contribution is 0.101. The third-order valence-electron chi connectivity index (χ3n) is 7.71. The van der Waals surface area contributed by atoms with Crippen LogP contribution in [0.3, 0.4) is 0 Å². The van der Waals surface area contributed by atoms with Crippen molar-refractivity contribution in [2.24, 2.45) is 11.8 Å². The Kier molecular flexibility index (Phi) is 8.38. The van der Waals surface area contributed by atoms with Gasteiger partial charge < -0.3 is 4.74 Å². The molecule has 0 aromatic heterocycles. The Morgan fingerprint density at radius 3 is 1.53 bits per heavy atom. The molecule has 4 aromatic carbocycles. The number of rotatable bonds is 7. The van der Waals surface area contributed by atoms with Gasteiger partial charge in [-0.3, -0.25) is 0 Å². The van der Waals surface area contributed by atoms with Gasteiger partial charge in [0.2, 0.25) is 0 Å². The largest absolute Gasteiger partial charge is 0.378 e. The minimum absolute atomic E-state index is 0. The first-order valence-electron chi connectivity index (χ1n) is 12.8. The first-order chi connectivity index (χ1) is 17.4. The SMILES string of the molecule is [B].c1ccc(P(C[C@H]2[C@@H]3CCO[C@@H]3C[C@H]2P(c2ccccc2)c2ccccc2)c2ccccc2)cc1. The van der Waals surface area contributed by atoms with Crippen LogP contribution < -0.4 is 21.2 Å². The smallest absolute Gasteiger partial charge is 0.0613 e. The van der Waals surface area contributed by atoms with Gasteiger partial charge in [0.25, 0.3) is 0 Å². The fourth-order valence-corrected chi connectivity index (χ4v) is 12.2.